The molecule has 1 heterocycles. The third-order valence-corrected chi connectivity index (χ3v) is 1.76. The fraction of sp³-hybridized carbons (Fsp3) is 0.125. The number of fused-ring (bicyclic) bond motifs is 1. The summed E-state index contributed by atoms with van der Waals surface area (Å²) in [6.07, 6.45) is 0. The van der Waals surface area contributed by atoms with Crippen LogP contribution in [-0.4, -0.2) is 9.55 Å². The molecule has 55 valence electrons. The van der Waals surface area contributed by atoms with Crippen molar-refractivity contribution in [1.29, 1.82) is 0 Å². The van der Waals surface area contributed by atoms with E-state index in [2.05, 4.69) is 11.1 Å². The summed E-state index contributed by atoms with van der Waals surface area (Å²) in [7, 11) is 1.89. The van der Waals surface area contributed by atoms with Crippen LogP contribution in [-0.2, 0) is 7.05 Å². The Bertz CT molecular complexity index is 389. The van der Waals surface area contributed by atoms with Crippen molar-refractivity contribution >= 4 is 17.0 Å². The minimum absolute atomic E-state index is 0.541. The lowest BCUT2D eigenvalue weighted by Gasteiger charge is -1.93. The topological polar surface area (TPSA) is 43.8 Å². The van der Waals surface area contributed by atoms with E-state index in [4.69, 9.17) is 5.73 Å². The molecule has 1 radical (unpaired) electrons. The van der Waals surface area contributed by atoms with Gasteiger partial charge in [0.2, 0.25) is 5.95 Å². The van der Waals surface area contributed by atoms with Crippen LogP contribution in [0, 0.1) is 6.07 Å². The number of rotatable bonds is 0. The number of benzene rings is 1. The molecule has 2 rings (SSSR count). The number of nitrogens with zero attached hydrogens (tertiary/aromatic N) is 2. The fourth-order valence-corrected chi connectivity index (χ4v) is 1.11. The highest BCUT2D eigenvalue weighted by molar-refractivity contribution is 5.77. The molecule has 1 aromatic carbocycles. The average Bonchev–Trinajstić information content (AvgIpc) is 2.30. The maximum Gasteiger partial charge on any atom is 0.200 e. The number of hydrogen-bond donors (Lipinski definition) is 1. The van der Waals surface area contributed by atoms with Crippen LogP contribution >= 0.6 is 0 Å². The number of aromatic nitrogens is 2. The number of imidazole rings is 1. The molecular weight excluding hydrogens is 138 g/mol. The molecule has 0 amide bonds. The maximum atomic E-state index is 5.59. The lowest BCUT2D eigenvalue weighted by Crippen LogP contribution is -1.95. The van der Waals surface area contributed by atoms with Gasteiger partial charge in [0.1, 0.15) is 0 Å². The largest absolute Gasteiger partial charge is 0.369 e. The van der Waals surface area contributed by atoms with E-state index >= 15 is 0 Å². The van der Waals surface area contributed by atoms with Crippen LogP contribution in [0.1, 0.15) is 0 Å². The van der Waals surface area contributed by atoms with Crippen molar-refractivity contribution in [2.45, 2.75) is 0 Å². The first-order chi connectivity index (χ1) is 5.29. The Morgan fingerprint density at radius 3 is 3.18 bits per heavy atom. The van der Waals surface area contributed by atoms with Gasteiger partial charge in [0.05, 0.1) is 11.0 Å². The molecular formula is C8H8N3. The van der Waals surface area contributed by atoms with Crippen LogP contribution in [0.3, 0.4) is 0 Å². The Morgan fingerprint density at radius 2 is 2.45 bits per heavy atom. The van der Waals surface area contributed by atoms with Gasteiger partial charge >= 0.3 is 0 Å². The molecule has 0 unspecified atom stereocenters. The van der Waals surface area contributed by atoms with E-state index in [9.17, 15) is 0 Å². The Labute approximate surface area is 64.5 Å². The van der Waals surface area contributed by atoms with Gasteiger partial charge in [-0.05, 0) is 18.2 Å². The summed E-state index contributed by atoms with van der Waals surface area (Å²) in [5.74, 6) is 0.541. The molecule has 3 nitrogen and oxygen atoms in total. The molecule has 0 aliphatic heterocycles. The smallest absolute Gasteiger partial charge is 0.200 e. The van der Waals surface area contributed by atoms with Crippen LogP contribution in [0.5, 0.6) is 0 Å². The van der Waals surface area contributed by atoms with Crippen LogP contribution < -0.4 is 5.73 Å². The summed E-state index contributed by atoms with van der Waals surface area (Å²) in [5, 5.41) is 0. The first-order valence-electron chi connectivity index (χ1n) is 3.37. The third-order valence-electron chi connectivity index (χ3n) is 1.76. The van der Waals surface area contributed by atoms with Gasteiger partial charge in [-0.2, -0.15) is 0 Å². The summed E-state index contributed by atoms with van der Waals surface area (Å²) in [5.41, 5.74) is 7.53. The summed E-state index contributed by atoms with van der Waals surface area (Å²) in [6, 6.07) is 8.56. The zero-order valence-electron chi connectivity index (χ0n) is 6.20. The predicted octanol–water partition coefficient (Wildman–Crippen LogP) is 0.956. The number of aryl methyl sites for hydroxylation is 1. The van der Waals surface area contributed by atoms with Crippen molar-refractivity contribution < 1.29 is 0 Å². The summed E-state index contributed by atoms with van der Waals surface area (Å²) in [4.78, 5) is 4.12. The highest BCUT2D eigenvalue weighted by Gasteiger charge is 2.01. The molecule has 0 aliphatic rings. The minimum Gasteiger partial charge on any atom is -0.369 e. The SMILES string of the molecule is Cn1c(N)nc2c[c]ccc21. The first kappa shape index (κ1) is 6.22. The minimum atomic E-state index is 0.541. The molecule has 2 aromatic rings. The summed E-state index contributed by atoms with van der Waals surface area (Å²) < 4.78 is 1.85. The third kappa shape index (κ3) is 0.774. The van der Waals surface area contributed by atoms with Crippen LogP contribution in [0.4, 0.5) is 5.95 Å². The van der Waals surface area contributed by atoms with E-state index in [0.717, 1.165) is 11.0 Å². The summed E-state index contributed by atoms with van der Waals surface area (Å²) >= 11 is 0. The van der Waals surface area contributed by atoms with Gasteiger partial charge < -0.3 is 10.3 Å². The molecule has 3 heteroatoms. The first-order valence-corrected chi connectivity index (χ1v) is 3.37. The van der Waals surface area contributed by atoms with E-state index < -0.39 is 0 Å². The standard InChI is InChI=1S/C8H8N3/c1-11-7-5-3-2-4-6(7)10-8(11)9/h3-5H,1H3,(H2,9,10). The predicted molar refractivity (Wildman–Crippen MR) is 44.0 cm³/mol. The van der Waals surface area contributed by atoms with E-state index in [1.807, 2.05) is 29.8 Å². The number of hydrogen-bond acceptors (Lipinski definition) is 2. The molecule has 0 fully saturated rings. The van der Waals surface area contributed by atoms with Crippen molar-refractivity contribution in [2.75, 3.05) is 5.73 Å². The van der Waals surface area contributed by atoms with Crippen LogP contribution in [0.25, 0.3) is 11.0 Å². The number of nitrogens with two attached hydrogens (primary N) is 1. The molecule has 0 saturated carbocycles. The van der Waals surface area contributed by atoms with Crippen molar-refractivity contribution in [3.8, 4) is 0 Å². The lowest BCUT2D eigenvalue weighted by molar-refractivity contribution is 0.965. The second kappa shape index (κ2) is 1.99. The molecule has 2 N–H and O–H groups in total. The fourth-order valence-electron chi connectivity index (χ4n) is 1.11. The highest BCUT2D eigenvalue weighted by atomic mass is 15.1. The van der Waals surface area contributed by atoms with Gasteiger partial charge in [-0.15, -0.1) is 0 Å². The molecule has 11 heavy (non-hydrogen) atoms. The van der Waals surface area contributed by atoms with Crippen molar-refractivity contribution in [3.63, 3.8) is 0 Å². The highest BCUT2D eigenvalue weighted by Crippen LogP contribution is 2.14. The Hall–Kier alpha value is -1.51. The zero-order valence-corrected chi connectivity index (χ0v) is 6.20. The lowest BCUT2D eigenvalue weighted by atomic mass is 10.3. The van der Waals surface area contributed by atoms with Gasteiger partial charge in [-0.25, -0.2) is 4.98 Å². The van der Waals surface area contributed by atoms with Gasteiger partial charge in [0.15, 0.2) is 0 Å². The second-order valence-corrected chi connectivity index (χ2v) is 2.44. The van der Waals surface area contributed by atoms with E-state index in [0.29, 0.717) is 5.95 Å². The van der Waals surface area contributed by atoms with Crippen molar-refractivity contribution in [3.05, 3.63) is 24.3 Å². The zero-order chi connectivity index (χ0) is 7.84. The quantitative estimate of drug-likeness (QED) is 0.601. The summed E-state index contributed by atoms with van der Waals surface area (Å²) in [6.45, 7) is 0. The number of nitrogen functional groups attached to an aromatic ring is 1. The monoisotopic (exact) mass is 146 g/mol. The number of anilines is 1. The second-order valence-electron chi connectivity index (χ2n) is 2.44. The van der Waals surface area contributed by atoms with Gasteiger partial charge in [0.25, 0.3) is 0 Å². The molecule has 0 spiro atoms. The average molecular weight is 146 g/mol. The van der Waals surface area contributed by atoms with Crippen molar-refractivity contribution in [2.24, 2.45) is 7.05 Å². The molecule has 0 aliphatic carbocycles. The van der Waals surface area contributed by atoms with E-state index in [1.54, 1.807) is 0 Å². The molecule has 1 aromatic heterocycles. The van der Waals surface area contributed by atoms with E-state index in [-0.39, 0.29) is 0 Å². The van der Waals surface area contributed by atoms with Gasteiger partial charge in [-0.3, -0.25) is 0 Å². The van der Waals surface area contributed by atoms with E-state index in [1.165, 1.54) is 0 Å². The van der Waals surface area contributed by atoms with Crippen molar-refractivity contribution in [1.82, 2.24) is 9.55 Å². The Kier molecular flexibility index (Phi) is 1.12. The van der Waals surface area contributed by atoms with Crippen LogP contribution in [0.15, 0.2) is 18.2 Å². The van der Waals surface area contributed by atoms with Crippen LogP contribution in [0.2, 0.25) is 0 Å². The normalized spacial score (nSPS) is 10.6. The van der Waals surface area contributed by atoms with Gasteiger partial charge in [-0.1, -0.05) is 6.07 Å². The Morgan fingerprint density at radius 1 is 1.64 bits per heavy atom. The maximum absolute atomic E-state index is 5.59. The molecule has 0 bridgehead atoms. The van der Waals surface area contributed by atoms with Gasteiger partial charge in [0, 0.05) is 7.05 Å². The Balaban J connectivity index is 2.92. The molecule has 0 saturated heterocycles. The molecule has 0 atom stereocenters.